The zero-order valence-electron chi connectivity index (χ0n) is 24.8. The number of hydrogen-bond donors (Lipinski definition) is 1. The van der Waals surface area contributed by atoms with Gasteiger partial charge in [0.05, 0.1) is 17.6 Å². The maximum Gasteiger partial charge on any atom is 0.335 e. The van der Waals surface area contributed by atoms with Crippen LogP contribution in [0, 0.1) is 22.7 Å². The van der Waals surface area contributed by atoms with Gasteiger partial charge in [-0.15, -0.1) is 0 Å². The zero-order valence-corrected chi connectivity index (χ0v) is 24.8. The Morgan fingerprint density at radius 2 is 1.85 bits per heavy atom. The molecule has 1 aromatic rings. The molecule has 3 saturated carbocycles. The van der Waals surface area contributed by atoms with Gasteiger partial charge in [-0.1, -0.05) is 31.0 Å². The molecule has 1 saturated heterocycles. The van der Waals surface area contributed by atoms with Gasteiger partial charge in [0.2, 0.25) is 0 Å². The Morgan fingerprint density at radius 3 is 2.65 bits per heavy atom. The third-order valence-electron chi connectivity index (χ3n) is 12.1. The highest BCUT2D eigenvalue weighted by atomic mass is 16.6. The number of piperidine rings is 1. The first-order chi connectivity index (χ1) is 19.3. The molecule has 0 radical (unpaired) electrons. The fraction of sp³-hybridized carbons (Fsp3) is 0.765. The molecule has 0 aromatic carbocycles. The van der Waals surface area contributed by atoms with Crippen molar-refractivity contribution in [2.24, 2.45) is 27.8 Å². The van der Waals surface area contributed by atoms with Crippen LogP contribution in [0.25, 0.3) is 0 Å². The van der Waals surface area contributed by atoms with Crippen LogP contribution in [0.15, 0.2) is 44.4 Å². The van der Waals surface area contributed by atoms with E-state index in [0.29, 0.717) is 18.4 Å². The van der Waals surface area contributed by atoms with Crippen molar-refractivity contribution in [1.82, 2.24) is 4.90 Å². The highest BCUT2D eigenvalue weighted by Gasteiger charge is 2.66. The van der Waals surface area contributed by atoms with Gasteiger partial charge in [-0.05, 0) is 144 Å². The molecule has 220 valence electrons. The zero-order chi connectivity index (χ0) is 27.8. The Labute approximate surface area is 240 Å². The minimum atomic E-state index is -0.670. The van der Waals surface area contributed by atoms with Crippen LogP contribution in [0.1, 0.15) is 115 Å². The predicted molar refractivity (Wildman–Crippen MR) is 158 cm³/mol. The molecule has 4 aliphatic carbocycles. The van der Waals surface area contributed by atoms with Gasteiger partial charge >= 0.3 is 5.63 Å². The maximum atomic E-state index is 12.4. The van der Waals surface area contributed by atoms with E-state index in [2.05, 4.69) is 30.0 Å². The minimum absolute atomic E-state index is 0.130. The fourth-order valence-electron chi connectivity index (χ4n) is 9.70. The third kappa shape index (κ3) is 5.02. The first-order valence-corrected chi connectivity index (χ1v) is 16.3. The number of unbranched alkanes of at least 4 members (excludes halogenated alkanes) is 2. The Hall–Kier alpha value is -1.92. The van der Waals surface area contributed by atoms with Gasteiger partial charge in [-0.25, -0.2) is 4.79 Å². The van der Waals surface area contributed by atoms with Crippen LogP contribution in [0.2, 0.25) is 0 Å². The second-order valence-corrected chi connectivity index (χ2v) is 14.1. The number of aliphatic hydroxyl groups is 1. The number of hydrogen-bond acceptors (Lipinski definition) is 6. The highest BCUT2D eigenvalue weighted by molar-refractivity contribution is 5.96. The molecule has 1 aromatic heterocycles. The van der Waals surface area contributed by atoms with E-state index >= 15 is 0 Å². The smallest absolute Gasteiger partial charge is 0.335 e. The number of allylic oxidation sites excluding steroid dienone is 2. The van der Waals surface area contributed by atoms with Gasteiger partial charge in [0.1, 0.15) is 6.61 Å². The Balaban J connectivity index is 1.06. The van der Waals surface area contributed by atoms with Crippen LogP contribution >= 0.6 is 0 Å². The van der Waals surface area contributed by atoms with Crippen molar-refractivity contribution in [3.8, 4) is 0 Å². The van der Waals surface area contributed by atoms with Crippen molar-refractivity contribution in [3.05, 3.63) is 46.0 Å². The fourth-order valence-corrected chi connectivity index (χ4v) is 9.70. The Kier molecular flexibility index (Phi) is 8.04. The van der Waals surface area contributed by atoms with Crippen LogP contribution in [0.3, 0.4) is 0 Å². The van der Waals surface area contributed by atoms with Crippen LogP contribution in [-0.4, -0.2) is 47.6 Å². The molecule has 4 fully saturated rings. The van der Waals surface area contributed by atoms with Gasteiger partial charge in [-0.2, -0.15) is 0 Å². The third-order valence-corrected chi connectivity index (χ3v) is 12.1. The molecule has 1 aliphatic heterocycles. The van der Waals surface area contributed by atoms with Gasteiger partial charge in [-0.3, -0.25) is 0 Å². The summed E-state index contributed by atoms with van der Waals surface area (Å²) in [6, 6.07) is 3.45. The molecule has 0 amide bonds. The van der Waals surface area contributed by atoms with Crippen molar-refractivity contribution < 1.29 is 14.4 Å². The second-order valence-electron chi connectivity index (χ2n) is 14.1. The van der Waals surface area contributed by atoms with Crippen molar-refractivity contribution in [2.45, 2.75) is 115 Å². The van der Waals surface area contributed by atoms with Crippen LogP contribution in [-0.2, 0) is 4.84 Å². The Morgan fingerprint density at radius 1 is 1.00 bits per heavy atom. The summed E-state index contributed by atoms with van der Waals surface area (Å²) in [5.41, 5.74) is 2.66. The molecule has 40 heavy (non-hydrogen) atoms. The topological polar surface area (TPSA) is 75.3 Å². The molecule has 6 heteroatoms. The molecule has 6 nitrogen and oxygen atoms in total. The van der Waals surface area contributed by atoms with Gasteiger partial charge < -0.3 is 19.3 Å². The average Bonchev–Trinajstić information content (AvgIpc) is 3.24. The summed E-state index contributed by atoms with van der Waals surface area (Å²) in [6.07, 6.45) is 19.8. The van der Waals surface area contributed by atoms with E-state index in [-0.39, 0.29) is 22.4 Å². The average molecular weight is 551 g/mol. The number of oxime groups is 1. The lowest BCUT2D eigenvalue weighted by Crippen LogP contribution is -2.60. The molecular weight excluding hydrogens is 500 g/mol. The summed E-state index contributed by atoms with van der Waals surface area (Å²) in [7, 11) is 0. The van der Waals surface area contributed by atoms with Gasteiger partial charge in [0, 0.05) is 11.5 Å². The first kappa shape index (κ1) is 28.2. The number of rotatable bonds is 8. The summed E-state index contributed by atoms with van der Waals surface area (Å²) < 4.78 is 5.24. The van der Waals surface area contributed by atoms with Crippen LogP contribution in [0.4, 0.5) is 0 Å². The predicted octanol–water partition coefficient (Wildman–Crippen LogP) is 6.83. The van der Waals surface area contributed by atoms with Gasteiger partial charge in [0.15, 0.2) is 0 Å². The minimum Gasteiger partial charge on any atom is -0.431 e. The van der Waals surface area contributed by atoms with E-state index in [1.807, 2.05) is 6.07 Å². The molecule has 2 unspecified atom stereocenters. The number of fused-ring (bicyclic) bond motifs is 5. The van der Waals surface area contributed by atoms with E-state index in [4.69, 9.17) is 9.25 Å². The lowest BCUT2D eigenvalue weighted by atomic mass is 9.45. The van der Waals surface area contributed by atoms with E-state index in [1.165, 1.54) is 63.4 Å². The molecule has 1 N–H and O–H groups in total. The van der Waals surface area contributed by atoms with E-state index in [0.717, 1.165) is 69.1 Å². The summed E-state index contributed by atoms with van der Waals surface area (Å²) in [4.78, 5) is 20.0. The monoisotopic (exact) mass is 550 g/mol. The highest BCUT2D eigenvalue weighted by Crippen LogP contribution is 2.69. The van der Waals surface area contributed by atoms with Gasteiger partial charge in [0.25, 0.3) is 0 Å². The Bertz CT molecular complexity index is 1150. The van der Waals surface area contributed by atoms with Crippen molar-refractivity contribution in [1.29, 1.82) is 0 Å². The SMILES string of the molecule is C[C@]12CCC(=NOCCCCCN3CCCCC3)C=C1CCC1C2CC[C@]2(C)[C@@H](c3ccc(=O)oc3)CC[C@]12O. The molecular formula is C34H50N2O4. The normalized spacial score (nSPS) is 38.8. The molecule has 6 rings (SSSR count). The molecule has 0 bridgehead atoms. The maximum absolute atomic E-state index is 12.4. The number of likely N-dealkylation sites (tertiary alicyclic amines) is 1. The summed E-state index contributed by atoms with van der Waals surface area (Å²) in [5.74, 6) is 1.05. The largest absolute Gasteiger partial charge is 0.431 e. The van der Waals surface area contributed by atoms with E-state index < -0.39 is 5.60 Å². The summed E-state index contributed by atoms with van der Waals surface area (Å²) in [5, 5.41) is 17.0. The lowest BCUT2D eigenvalue weighted by molar-refractivity contribution is -0.176. The van der Waals surface area contributed by atoms with E-state index in [1.54, 1.807) is 6.26 Å². The lowest BCUT2D eigenvalue weighted by Gasteiger charge is -2.61. The molecule has 5 aliphatic rings. The van der Waals surface area contributed by atoms with Crippen molar-refractivity contribution in [2.75, 3.05) is 26.2 Å². The summed E-state index contributed by atoms with van der Waals surface area (Å²) in [6.45, 7) is 9.28. The molecule has 0 spiro atoms. The second kappa shape index (κ2) is 11.4. The summed E-state index contributed by atoms with van der Waals surface area (Å²) >= 11 is 0. The standard InChI is InChI=1S/C34H50N2O4/c1-32-16-13-27(35-40-22-8-4-7-21-36-19-5-3-6-20-36)23-26(32)10-11-30-29(32)14-17-33(2)28(15-18-34(30,33)38)25-9-12-31(37)39-24-25/h9,12,23-24,28-30,38H,3-8,10-11,13-22H2,1-2H3/t28-,29?,30?,32+,33-,34+/m1/s1. The molecule has 6 atom stereocenters. The number of nitrogens with zero attached hydrogens (tertiary/aromatic N) is 2. The van der Waals surface area contributed by atoms with Crippen molar-refractivity contribution in [3.63, 3.8) is 0 Å². The molecule has 2 heterocycles. The first-order valence-electron chi connectivity index (χ1n) is 16.3. The van der Waals surface area contributed by atoms with Crippen LogP contribution in [0.5, 0.6) is 0 Å². The van der Waals surface area contributed by atoms with Crippen molar-refractivity contribution >= 4 is 5.71 Å². The quantitative estimate of drug-likeness (QED) is 0.284. The van der Waals surface area contributed by atoms with E-state index in [9.17, 15) is 9.90 Å². The van der Waals surface area contributed by atoms with Crippen LogP contribution < -0.4 is 5.63 Å².